The summed E-state index contributed by atoms with van der Waals surface area (Å²) in [4.78, 5) is 13.6. The molecule has 0 amide bonds. The van der Waals surface area contributed by atoms with Gasteiger partial charge in [-0.2, -0.15) is 0 Å². The van der Waals surface area contributed by atoms with E-state index in [0.29, 0.717) is 6.04 Å². The van der Waals surface area contributed by atoms with Crippen LogP contribution in [0, 0.1) is 13.8 Å². The maximum absolute atomic E-state index is 5.71. The van der Waals surface area contributed by atoms with Gasteiger partial charge in [0.05, 0.1) is 0 Å². The van der Waals surface area contributed by atoms with Crippen molar-refractivity contribution in [1.29, 1.82) is 0 Å². The van der Waals surface area contributed by atoms with Crippen LogP contribution in [0.25, 0.3) is 0 Å². The summed E-state index contributed by atoms with van der Waals surface area (Å²) in [5.74, 6) is 1.91. The Balaban J connectivity index is 2.01. The Bertz CT molecular complexity index is 378. The minimum absolute atomic E-state index is 0.473. The van der Waals surface area contributed by atoms with Gasteiger partial charge < -0.3 is 10.6 Å². The first-order valence-electron chi connectivity index (χ1n) is 6.61. The summed E-state index contributed by atoms with van der Waals surface area (Å²) in [6.07, 6.45) is 0. The van der Waals surface area contributed by atoms with Crippen LogP contribution in [0.3, 0.4) is 0 Å². The van der Waals surface area contributed by atoms with Gasteiger partial charge in [0.25, 0.3) is 0 Å². The highest BCUT2D eigenvalue weighted by atomic mass is 15.3. The molecule has 1 saturated heterocycles. The molecule has 0 spiro atoms. The Hall–Kier alpha value is -1.20. The SMILES string of the molecule is Cc1cc(N2CCN(C(C)CN)CC2)nc(C)n1. The average Bonchev–Trinajstić information content (AvgIpc) is 2.37. The molecule has 5 heteroatoms. The van der Waals surface area contributed by atoms with Crippen molar-refractivity contribution < 1.29 is 0 Å². The van der Waals surface area contributed by atoms with Crippen molar-refractivity contribution in [2.75, 3.05) is 37.6 Å². The lowest BCUT2D eigenvalue weighted by Gasteiger charge is -2.38. The van der Waals surface area contributed by atoms with Crippen LogP contribution in [-0.2, 0) is 0 Å². The summed E-state index contributed by atoms with van der Waals surface area (Å²) >= 11 is 0. The molecule has 18 heavy (non-hydrogen) atoms. The first-order valence-corrected chi connectivity index (χ1v) is 6.61. The van der Waals surface area contributed by atoms with Gasteiger partial charge in [0.15, 0.2) is 0 Å². The zero-order valence-electron chi connectivity index (χ0n) is 11.6. The molecule has 0 aromatic carbocycles. The first-order chi connectivity index (χ1) is 8.60. The molecule has 0 aliphatic carbocycles. The molecule has 5 nitrogen and oxygen atoms in total. The second kappa shape index (κ2) is 5.63. The number of nitrogens with two attached hydrogens (primary N) is 1. The molecular weight excluding hydrogens is 226 g/mol. The number of rotatable bonds is 3. The maximum atomic E-state index is 5.71. The largest absolute Gasteiger partial charge is 0.354 e. The summed E-state index contributed by atoms with van der Waals surface area (Å²) in [5, 5.41) is 0. The third-order valence-electron chi connectivity index (χ3n) is 3.56. The number of aromatic nitrogens is 2. The Morgan fingerprint density at radius 2 is 1.89 bits per heavy atom. The van der Waals surface area contributed by atoms with Gasteiger partial charge in [0, 0.05) is 50.5 Å². The number of piperazine rings is 1. The van der Waals surface area contributed by atoms with Gasteiger partial charge in [-0.3, -0.25) is 4.90 Å². The maximum Gasteiger partial charge on any atom is 0.132 e. The quantitative estimate of drug-likeness (QED) is 0.848. The molecule has 100 valence electrons. The molecule has 1 aliphatic heterocycles. The van der Waals surface area contributed by atoms with E-state index in [2.05, 4.69) is 32.8 Å². The van der Waals surface area contributed by atoms with Crippen LogP contribution in [0.5, 0.6) is 0 Å². The van der Waals surface area contributed by atoms with Gasteiger partial charge in [0.2, 0.25) is 0 Å². The molecule has 1 aromatic rings. The van der Waals surface area contributed by atoms with E-state index < -0.39 is 0 Å². The molecule has 1 unspecified atom stereocenters. The molecule has 0 saturated carbocycles. The third kappa shape index (κ3) is 2.97. The Kier molecular flexibility index (Phi) is 4.14. The van der Waals surface area contributed by atoms with Crippen molar-refractivity contribution in [3.05, 3.63) is 17.6 Å². The number of aryl methyl sites for hydroxylation is 2. The molecule has 1 aliphatic rings. The van der Waals surface area contributed by atoms with E-state index >= 15 is 0 Å². The number of anilines is 1. The standard InChI is InChI=1S/C13H23N5/c1-10-8-13(16-12(3)15-10)18-6-4-17(5-7-18)11(2)9-14/h8,11H,4-7,9,14H2,1-3H3. The van der Waals surface area contributed by atoms with Crippen molar-refractivity contribution in [2.45, 2.75) is 26.8 Å². The van der Waals surface area contributed by atoms with E-state index in [0.717, 1.165) is 50.1 Å². The fourth-order valence-electron chi connectivity index (χ4n) is 2.40. The molecular formula is C13H23N5. The molecule has 1 atom stereocenters. The van der Waals surface area contributed by atoms with Crippen molar-refractivity contribution in [3.63, 3.8) is 0 Å². The van der Waals surface area contributed by atoms with Gasteiger partial charge in [-0.05, 0) is 20.8 Å². The third-order valence-corrected chi connectivity index (χ3v) is 3.56. The van der Waals surface area contributed by atoms with E-state index in [1.54, 1.807) is 0 Å². The topological polar surface area (TPSA) is 58.3 Å². The highest BCUT2D eigenvalue weighted by molar-refractivity contribution is 5.40. The number of hydrogen-bond acceptors (Lipinski definition) is 5. The zero-order chi connectivity index (χ0) is 13.1. The van der Waals surface area contributed by atoms with Gasteiger partial charge in [-0.15, -0.1) is 0 Å². The van der Waals surface area contributed by atoms with E-state index in [1.165, 1.54) is 0 Å². The molecule has 1 fully saturated rings. The highest BCUT2D eigenvalue weighted by Gasteiger charge is 2.21. The van der Waals surface area contributed by atoms with Gasteiger partial charge in [-0.1, -0.05) is 0 Å². The van der Waals surface area contributed by atoms with Gasteiger partial charge >= 0.3 is 0 Å². The lowest BCUT2D eigenvalue weighted by molar-refractivity contribution is 0.201. The van der Waals surface area contributed by atoms with Crippen LogP contribution in [0.15, 0.2) is 6.07 Å². The Morgan fingerprint density at radius 3 is 2.44 bits per heavy atom. The van der Waals surface area contributed by atoms with Crippen LogP contribution in [0.4, 0.5) is 5.82 Å². The number of hydrogen-bond donors (Lipinski definition) is 1. The van der Waals surface area contributed by atoms with Crippen LogP contribution < -0.4 is 10.6 Å². The second-order valence-corrected chi connectivity index (χ2v) is 5.02. The lowest BCUT2D eigenvalue weighted by Crippen LogP contribution is -2.51. The van der Waals surface area contributed by atoms with Crippen molar-refractivity contribution >= 4 is 5.82 Å². The van der Waals surface area contributed by atoms with Gasteiger partial charge in [0.1, 0.15) is 11.6 Å². The fourth-order valence-corrected chi connectivity index (χ4v) is 2.40. The number of nitrogens with zero attached hydrogens (tertiary/aromatic N) is 4. The smallest absolute Gasteiger partial charge is 0.132 e. The van der Waals surface area contributed by atoms with Crippen molar-refractivity contribution in [2.24, 2.45) is 5.73 Å². The highest BCUT2D eigenvalue weighted by Crippen LogP contribution is 2.15. The molecule has 0 radical (unpaired) electrons. The van der Waals surface area contributed by atoms with Crippen molar-refractivity contribution in [3.8, 4) is 0 Å². The monoisotopic (exact) mass is 249 g/mol. The molecule has 2 heterocycles. The Morgan fingerprint density at radius 1 is 1.22 bits per heavy atom. The van der Waals surface area contributed by atoms with Crippen LogP contribution >= 0.6 is 0 Å². The van der Waals surface area contributed by atoms with E-state index in [-0.39, 0.29) is 0 Å². The molecule has 1 aromatic heterocycles. The van der Waals surface area contributed by atoms with E-state index in [1.807, 2.05) is 13.8 Å². The van der Waals surface area contributed by atoms with E-state index in [9.17, 15) is 0 Å². The Labute approximate surface area is 109 Å². The lowest BCUT2D eigenvalue weighted by atomic mass is 10.2. The molecule has 2 rings (SSSR count). The summed E-state index contributed by atoms with van der Waals surface area (Å²) in [7, 11) is 0. The summed E-state index contributed by atoms with van der Waals surface area (Å²) in [6, 6.07) is 2.54. The molecule has 0 bridgehead atoms. The normalized spacial score (nSPS) is 19.0. The van der Waals surface area contributed by atoms with Crippen LogP contribution in [0.2, 0.25) is 0 Å². The summed E-state index contributed by atoms with van der Waals surface area (Å²) < 4.78 is 0. The zero-order valence-corrected chi connectivity index (χ0v) is 11.6. The second-order valence-electron chi connectivity index (χ2n) is 5.02. The minimum atomic E-state index is 0.473. The fraction of sp³-hybridized carbons (Fsp3) is 0.692. The van der Waals surface area contributed by atoms with Crippen LogP contribution in [-0.4, -0.2) is 53.6 Å². The molecule has 2 N–H and O–H groups in total. The minimum Gasteiger partial charge on any atom is -0.354 e. The van der Waals surface area contributed by atoms with E-state index in [4.69, 9.17) is 5.73 Å². The van der Waals surface area contributed by atoms with Crippen molar-refractivity contribution in [1.82, 2.24) is 14.9 Å². The summed E-state index contributed by atoms with van der Waals surface area (Å²) in [5.41, 5.74) is 6.75. The van der Waals surface area contributed by atoms with Crippen LogP contribution in [0.1, 0.15) is 18.4 Å². The van der Waals surface area contributed by atoms with Gasteiger partial charge in [-0.25, -0.2) is 9.97 Å². The average molecular weight is 249 g/mol. The predicted molar refractivity (Wildman–Crippen MR) is 73.8 cm³/mol. The predicted octanol–water partition coefficient (Wildman–Crippen LogP) is 0.563. The first kappa shape index (κ1) is 13.2. The summed E-state index contributed by atoms with van der Waals surface area (Å²) in [6.45, 7) is 11.0.